The van der Waals surface area contributed by atoms with Crippen LogP contribution >= 0.6 is 0 Å². The summed E-state index contributed by atoms with van der Waals surface area (Å²) < 4.78 is 5.23. The lowest BCUT2D eigenvalue weighted by atomic mass is 9.85. The largest absolute Gasteiger partial charge is 0.339 e. The number of rotatable bonds is 4. The van der Waals surface area contributed by atoms with Crippen LogP contribution in [0.25, 0.3) is 0 Å². The number of hydrogen-bond acceptors (Lipinski definition) is 4. The third kappa shape index (κ3) is 1.91. The van der Waals surface area contributed by atoms with Gasteiger partial charge in [-0.15, -0.1) is 0 Å². The van der Waals surface area contributed by atoms with Crippen LogP contribution in [0.5, 0.6) is 0 Å². The average molecular weight is 207 g/mol. The first kappa shape index (κ1) is 9.33. The highest BCUT2D eigenvalue weighted by atomic mass is 16.5. The number of nitrogens with two attached hydrogens (primary N) is 1. The van der Waals surface area contributed by atoms with Crippen LogP contribution in [-0.4, -0.2) is 16.2 Å². The van der Waals surface area contributed by atoms with Crippen molar-refractivity contribution in [3.8, 4) is 0 Å². The zero-order valence-electron chi connectivity index (χ0n) is 8.85. The Balaban J connectivity index is 1.62. The lowest BCUT2D eigenvalue weighted by Gasteiger charge is -2.20. The van der Waals surface area contributed by atoms with Gasteiger partial charge in [-0.25, -0.2) is 0 Å². The van der Waals surface area contributed by atoms with Gasteiger partial charge in [-0.3, -0.25) is 0 Å². The molecule has 0 bridgehead atoms. The predicted molar refractivity (Wildman–Crippen MR) is 55.3 cm³/mol. The van der Waals surface area contributed by atoms with Gasteiger partial charge in [0.05, 0.1) is 0 Å². The van der Waals surface area contributed by atoms with Gasteiger partial charge in [-0.05, 0) is 31.6 Å². The Labute approximate surface area is 89.2 Å². The molecule has 1 aromatic rings. The van der Waals surface area contributed by atoms with Crippen molar-refractivity contribution in [3.05, 3.63) is 11.7 Å². The molecular formula is C11H17N3O. The molecule has 2 aliphatic rings. The third-order valence-electron chi connectivity index (χ3n) is 3.59. The fourth-order valence-electron chi connectivity index (χ4n) is 2.08. The Morgan fingerprint density at radius 1 is 1.33 bits per heavy atom. The zero-order chi connectivity index (χ0) is 10.3. The minimum atomic E-state index is 0.222. The van der Waals surface area contributed by atoms with Gasteiger partial charge in [0.25, 0.3) is 0 Å². The van der Waals surface area contributed by atoms with Crippen molar-refractivity contribution in [1.82, 2.24) is 10.1 Å². The van der Waals surface area contributed by atoms with E-state index in [1.165, 1.54) is 32.1 Å². The van der Waals surface area contributed by atoms with Crippen molar-refractivity contribution < 1.29 is 4.52 Å². The number of hydrogen-bond donors (Lipinski definition) is 1. The second-order valence-electron chi connectivity index (χ2n) is 4.88. The molecule has 0 radical (unpaired) electrons. The minimum Gasteiger partial charge on any atom is -0.339 e. The molecule has 0 aliphatic heterocycles. The molecule has 0 spiro atoms. The standard InChI is InChI=1S/C11H17N3O/c12-9(7-4-5-7)6-10-13-11(14-15-10)8-2-1-3-8/h7-9H,1-6,12H2. The van der Waals surface area contributed by atoms with E-state index in [2.05, 4.69) is 10.1 Å². The Morgan fingerprint density at radius 3 is 2.73 bits per heavy atom. The number of nitrogens with zero attached hydrogens (tertiary/aromatic N) is 2. The Morgan fingerprint density at radius 2 is 2.13 bits per heavy atom. The minimum absolute atomic E-state index is 0.222. The lowest BCUT2D eigenvalue weighted by molar-refractivity contribution is 0.340. The summed E-state index contributed by atoms with van der Waals surface area (Å²) in [4.78, 5) is 4.42. The van der Waals surface area contributed by atoms with E-state index in [0.717, 1.165) is 18.1 Å². The monoisotopic (exact) mass is 207 g/mol. The van der Waals surface area contributed by atoms with Crippen molar-refractivity contribution in [2.75, 3.05) is 0 Å². The molecule has 3 rings (SSSR count). The zero-order valence-corrected chi connectivity index (χ0v) is 8.85. The molecule has 4 nitrogen and oxygen atoms in total. The maximum atomic E-state index is 6.02. The molecule has 2 fully saturated rings. The van der Waals surface area contributed by atoms with Crippen molar-refractivity contribution in [3.63, 3.8) is 0 Å². The molecule has 2 aliphatic carbocycles. The maximum Gasteiger partial charge on any atom is 0.228 e. The summed E-state index contributed by atoms with van der Waals surface area (Å²) in [5, 5.41) is 4.03. The third-order valence-corrected chi connectivity index (χ3v) is 3.59. The van der Waals surface area contributed by atoms with Gasteiger partial charge in [0, 0.05) is 18.4 Å². The van der Waals surface area contributed by atoms with Crippen molar-refractivity contribution >= 4 is 0 Å². The molecule has 15 heavy (non-hydrogen) atoms. The SMILES string of the molecule is NC(Cc1nc(C2CCC2)no1)C1CC1. The summed E-state index contributed by atoms with van der Waals surface area (Å²) in [5.41, 5.74) is 6.02. The molecule has 1 unspecified atom stereocenters. The first-order valence-electron chi connectivity index (χ1n) is 5.91. The average Bonchev–Trinajstić information content (AvgIpc) is 2.88. The first-order chi connectivity index (χ1) is 7.33. The van der Waals surface area contributed by atoms with E-state index in [1.807, 2.05) is 0 Å². The number of aromatic nitrogens is 2. The van der Waals surface area contributed by atoms with Crippen LogP contribution in [0, 0.1) is 5.92 Å². The summed E-state index contributed by atoms with van der Waals surface area (Å²) in [6.07, 6.45) is 7.03. The molecular weight excluding hydrogens is 190 g/mol. The van der Waals surface area contributed by atoms with Crippen LogP contribution in [0.2, 0.25) is 0 Å². The van der Waals surface area contributed by atoms with Crippen LogP contribution in [0.15, 0.2) is 4.52 Å². The van der Waals surface area contributed by atoms with Crippen LogP contribution in [0.4, 0.5) is 0 Å². The van der Waals surface area contributed by atoms with Gasteiger partial charge >= 0.3 is 0 Å². The second-order valence-corrected chi connectivity index (χ2v) is 4.88. The van der Waals surface area contributed by atoms with Crippen LogP contribution in [-0.2, 0) is 6.42 Å². The van der Waals surface area contributed by atoms with Crippen molar-refractivity contribution in [1.29, 1.82) is 0 Å². The van der Waals surface area contributed by atoms with E-state index in [-0.39, 0.29) is 6.04 Å². The highest BCUT2D eigenvalue weighted by Crippen LogP contribution is 2.35. The highest BCUT2D eigenvalue weighted by Gasteiger charge is 2.30. The smallest absolute Gasteiger partial charge is 0.228 e. The molecule has 2 saturated carbocycles. The van der Waals surface area contributed by atoms with E-state index >= 15 is 0 Å². The van der Waals surface area contributed by atoms with Gasteiger partial charge in [-0.1, -0.05) is 11.6 Å². The van der Waals surface area contributed by atoms with Gasteiger partial charge in [0.1, 0.15) is 0 Å². The summed E-state index contributed by atoms with van der Waals surface area (Å²) in [5.74, 6) is 2.89. The van der Waals surface area contributed by atoms with E-state index in [4.69, 9.17) is 10.3 Å². The van der Waals surface area contributed by atoms with Gasteiger partial charge < -0.3 is 10.3 Å². The molecule has 0 saturated heterocycles. The first-order valence-corrected chi connectivity index (χ1v) is 5.91. The maximum absolute atomic E-state index is 6.02. The lowest BCUT2D eigenvalue weighted by Crippen LogP contribution is -2.25. The summed E-state index contributed by atoms with van der Waals surface area (Å²) in [7, 11) is 0. The summed E-state index contributed by atoms with van der Waals surface area (Å²) in [6.45, 7) is 0. The van der Waals surface area contributed by atoms with Crippen LogP contribution in [0.1, 0.15) is 49.7 Å². The normalized spacial score (nSPS) is 23.8. The molecule has 2 N–H and O–H groups in total. The van der Waals surface area contributed by atoms with Gasteiger partial charge in [-0.2, -0.15) is 4.98 Å². The molecule has 82 valence electrons. The molecule has 0 aromatic carbocycles. The van der Waals surface area contributed by atoms with E-state index in [0.29, 0.717) is 11.8 Å². The van der Waals surface area contributed by atoms with Crippen molar-refractivity contribution in [2.24, 2.45) is 11.7 Å². The molecule has 0 amide bonds. The molecule has 4 heteroatoms. The second kappa shape index (κ2) is 3.59. The van der Waals surface area contributed by atoms with E-state index < -0.39 is 0 Å². The Kier molecular flexibility index (Phi) is 2.24. The van der Waals surface area contributed by atoms with Crippen LogP contribution in [0.3, 0.4) is 0 Å². The Bertz CT molecular complexity index is 341. The highest BCUT2D eigenvalue weighted by molar-refractivity contribution is 5.01. The van der Waals surface area contributed by atoms with Crippen LogP contribution < -0.4 is 5.73 Å². The van der Waals surface area contributed by atoms with E-state index in [9.17, 15) is 0 Å². The van der Waals surface area contributed by atoms with Crippen molar-refractivity contribution in [2.45, 2.75) is 50.5 Å². The summed E-state index contributed by atoms with van der Waals surface area (Å²) >= 11 is 0. The Hall–Kier alpha value is -0.900. The summed E-state index contributed by atoms with van der Waals surface area (Å²) in [6, 6.07) is 0.222. The molecule has 1 aromatic heterocycles. The topological polar surface area (TPSA) is 64.9 Å². The fourth-order valence-corrected chi connectivity index (χ4v) is 2.08. The van der Waals surface area contributed by atoms with Gasteiger partial charge in [0.15, 0.2) is 5.82 Å². The van der Waals surface area contributed by atoms with Gasteiger partial charge in [0.2, 0.25) is 5.89 Å². The van der Waals surface area contributed by atoms with E-state index in [1.54, 1.807) is 0 Å². The molecule has 1 atom stereocenters. The molecule has 1 heterocycles. The quantitative estimate of drug-likeness (QED) is 0.814. The predicted octanol–water partition coefficient (Wildman–Crippen LogP) is 1.62. The fraction of sp³-hybridized carbons (Fsp3) is 0.818.